The lowest BCUT2D eigenvalue weighted by Gasteiger charge is -2.27. The van der Waals surface area contributed by atoms with Crippen LogP contribution in [0.3, 0.4) is 0 Å². The molecular weight excluding hydrogens is 508 g/mol. The van der Waals surface area contributed by atoms with E-state index in [-0.39, 0.29) is 46.2 Å². The van der Waals surface area contributed by atoms with Crippen molar-refractivity contribution in [2.45, 2.75) is 31.7 Å². The van der Waals surface area contributed by atoms with Gasteiger partial charge in [0.1, 0.15) is 34.4 Å². The van der Waals surface area contributed by atoms with E-state index < -0.39 is 40.3 Å². The quantitative estimate of drug-likeness (QED) is 0.157. The summed E-state index contributed by atoms with van der Waals surface area (Å²) in [5, 5.41) is 22.1. The standard InChI is InChI=1S/C25H27ClN2O9/c1-13(29)37-12-17-14(8-9-27(17)2)22-20(35-3)11-21(36-4)23(25(22)32)19(31)10-18(30)15-6-5-7-16(24(15)26)28(33)34/h5-7,11,14,17,32H,8-10,12H2,1-4H3. The van der Waals surface area contributed by atoms with Gasteiger partial charge in [0.2, 0.25) is 0 Å². The number of carbonyl (C=O) groups is 3. The van der Waals surface area contributed by atoms with E-state index in [9.17, 15) is 29.6 Å². The summed E-state index contributed by atoms with van der Waals surface area (Å²) >= 11 is 6.05. The molecule has 2 aromatic rings. The van der Waals surface area contributed by atoms with Gasteiger partial charge in [-0.05, 0) is 26.1 Å². The van der Waals surface area contributed by atoms with Crippen molar-refractivity contribution in [1.29, 1.82) is 0 Å². The van der Waals surface area contributed by atoms with Crippen LogP contribution in [-0.4, -0.2) is 72.9 Å². The zero-order chi connectivity index (χ0) is 27.4. The van der Waals surface area contributed by atoms with Crippen LogP contribution in [0, 0.1) is 10.1 Å². The molecule has 1 saturated heterocycles. The number of aromatic hydroxyl groups is 1. The van der Waals surface area contributed by atoms with Crippen LogP contribution < -0.4 is 9.47 Å². The third kappa shape index (κ3) is 5.67. The monoisotopic (exact) mass is 534 g/mol. The van der Waals surface area contributed by atoms with E-state index in [1.807, 2.05) is 11.9 Å². The third-order valence-electron chi connectivity index (χ3n) is 6.43. The van der Waals surface area contributed by atoms with Gasteiger partial charge in [0.15, 0.2) is 11.6 Å². The average molecular weight is 535 g/mol. The number of hydrogen-bond donors (Lipinski definition) is 1. The number of likely N-dealkylation sites (N-methyl/N-ethyl adjacent to an activating group) is 1. The molecule has 3 rings (SSSR count). The third-order valence-corrected chi connectivity index (χ3v) is 6.83. The topological polar surface area (TPSA) is 146 Å². The van der Waals surface area contributed by atoms with Gasteiger partial charge < -0.3 is 19.3 Å². The molecule has 11 nitrogen and oxygen atoms in total. The minimum absolute atomic E-state index is 0.0103. The first-order valence-corrected chi connectivity index (χ1v) is 11.7. The fourth-order valence-electron chi connectivity index (χ4n) is 4.59. The molecule has 0 aliphatic carbocycles. The summed E-state index contributed by atoms with van der Waals surface area (Å²) in [5.74, 6) is -2.49. The van der Waals surface area contributed by atoms with E-state index in [0.717, 1.165) is 6.07 Å². The molecular formula is C25H27ClN2O9. The van der Waals surface area contributed by atoms with Crippen molar-refractivity contribution in [2.24, 2.45) is 0 Å². The normalized spacial score (nSPS) is 17.3. The first-order valence-electron chi connectivity index (χ1n) is 11.3. The van der Waals surface area contributed by atoms with E-state index in [1.165, 1.54) is 39.3 Å². The number of ketones is 2. The van der Waals surface area contributed by atoms with Crippen LogP contribution in [0.5, 0.6) is 17.2 Å². The van der Waals surface area contributed by atoms with Crippen LogP contribution in [-0.2, 0) is 9.53 Å². The number of hydrogen-bond acceptors (Lipinski definition) is 10. The molecule has 12 heteroatoms. The van der Waals surface area contributed by atoms with Gasteiger partial charge >= 0.3 is 5.97 Å². The number of likely N-dealkylation sites (tertiary alicyclic amines) is 1. The number of nitro groups is 1. The molecule has 1 aliphatic rings. The molecule has 0 spiro atoms. The van der Waals surface area contributed by atoms with Gasteiger partial charge in [0.25, 0.3) is 5.69 Å². The lowest BCUT2D eigenvalue weighted by molar-refractivity contribution is -0.384. The fraction of sp³-hybridized carbons (Fsp3) is 0.400. The number of nitrogens with zero attached hydrogens (tertiary/aromatic N) is 2. The van der Waals surface area contributed by atoms with Crippen LogP contribution in [0.15, 0.2) is 24.3 Å². The maximum Gasteiger partial charge on any atom is 0.302 e. The summed E-state index contributed by atoms with van der Waals surface area (Å²) in [4.78, 5) is 50.1. The number of nitro benzene ring substituents is 1. The molecule has 0 bridgehead atoms. The second kappa shape index (κ2) is 11.6. The van der Waals surface area contributed by atoms with Gasteiger partial charge in [0.05, 0.1) is 31.6 Å². The number of carbonyl (C=O) groups excluding carboxylic acids is 3. The lowest BCUT2D eigenvalue weighted by Crippen LogP contribution is -2.34. The molecule has 2 atom stereocenters. The zero-order valence-electron chi connectivity index (χ0n) is 20.8. The largest absolute Gasteiger partial charge is 0.507 e. The molecule has 1 N–H and O–H groups in total. The molecule has 0 aromatic heterocycles. The Morgan fingerprint density at radius 2 is 1.86 bits per heavy atom. The van der Waals surface area contributed by atoms with Crippen molar-refractivity contribution < 1.29 is 38.6 Å². The predicted molar refractivity (Wildman–Crippen MR) is 133 cm³/mol. The second-order valence-corrected chi connectivity index (χ2v) is 8.96. The number of Topliss-reactive ketones (excluding diaryl/α,β-unsaturated/α-hetero) is 2. The number of halogens is 1. The minimum Gasteiger partial charge on any atom is -0.507 e. The SMILES string of the molecule is COc1cc(OC)c(C2CCN(C)C2COC(C)=O)c(O)c1C(=O)CC(=O)c1cccc([N+](=O)[O-])c1Cl. The van der Waals surface area contributed by atoms with E-state index in [2.05, 4.69) is 0 Å². The predicted octanol–water partition coefficient (Wildman–Crippen LogP) is 3.78. The van der Waals surface area contributed by atoms with Crippen molar-refractivity contribution in [3.63, 3.8) is 0 Å². The number of benzene rings is 2. The molecule has 1 aliphatic heterocycles. The summed E-state index contributed by atoms with van der Waals surface area (Å²) < 4.78 is 16.1. The smallest absolute Gasteiger partial charge is 0.302 e. The zero-order valence-corrected chi connectivity index (χ0v) is 21.5. The molecule has 0 amide bonds. The van der Waals surface area contributed by atoms with E-state index in [0.29, 0.717) is 18.5 Å². The van der Waals surface area contributed by atoms with Gasteiger partial charge in [0, 0.05) is 36.1 Å². The lowest BCUT2D eigenvalue weighted by atomic mass is 9.87. The van der Waals surface area contributed by atoms with Gasteiger partial charge in [-0.3, -0.25) is 29.4 Å². The van der Waals surface area contributed by atoms with Crippen LogP contribution in [0.2, 0.25) is 5.02 Å². The van der Waals surface area contributed by atoms with Gasteiger partial charge in [-0.2, -0.15) is 0 Å². The minimum atomic E-state index is -0.770. The van der Waals surface area contributed by atoms with Crippen LogP contribution in [0.1, 0.15) is 52.0 Å². The van der Waals surface area contributed by atoms with Crippen molar-refractivity contribution in [1.82, 2.24) is 4.90 Å². The van der Waals surface area contributed by atoms with E-state index in [4.69, 9.17) is 25.8 Å². The van der Waals surface area contributed by atoms with Gasteiger partial charge in [-0.25, -0.2) is 0 Å². The molecule has 1 heterocycles. The number of methoxy groups -OCH3 is 2. The van der Waals surface area contributed by atoms with Crippen LogP contribution in [0.25, 0.3) is 0 Å². The Kier molecular flexibility index (Phi) is 8.72. The molecule has 0 radical (unpaired) electrons. The Balaban J connectivity index is 2.03. The first-order chi connectivity index (χ1) is 17.5. The molecule has 198 valence electrons. The summed E-state index contributed by atoms with van der Waals surface area (Å²) in [7, 11) is 4.57. The highest BCUT2D eigenvalue weighted by Crippen LogP contribution is 2.47. The number of esters is 1. The molecule has 2 unspecified atom stereocenters. The van der Waals surface area contributed by atoms with Crippen molar-refractivity contribution in [3.8, 4) is 17.2 Å². The Hall–Kier alpha value is -3.70. The highest BCUT2D eigenvalue weighted by atomic mass is 35.5. The molecule has 1 fully saturated rings. The second-order valence-electron chi connectivity index (χ2n) is 8.58. The Bertz CT molecular complexity index is 1250. The maximum absolute atomic E-state index is 13.3. The highest BCUT2D eigenvalue weighted by molar-refractivity contribution is 6.36. The van der Waals surface area contributed by atoms with Crippen molar-refractivity contribution >= 4 is 34.8 Å². The highest BCUT2D eigenvalue weighted by Gasteiger charge is 2.39. The number of rotatable bonds is 10. The summed E-state index contributed by atoms with van der Waals surface area (Å²) in [5.41, 5.74) is -0.547. The Labute approximate surface area is 218 Å². The van der Waals surface area contributed by atoms with E-state index >= 15 is 0 Å². The number of phenols is 1. The van der Waals surface area contributed by atoms with Gasteiger partial charge in [-0.1, -0.05) is 17.7 Å². The van der Waals surface area contributed by atoms with E-state index in [1.54, 1.807) is 0 Å². The Morgan fingerprint density at radius 3 is 2.46 bits per heavy atom. The number of ether oxygens (including phenoxy) is 3. The number of phenolic OH excluding ortho intramolecular Hbond substituents is 1. The molecule has 0 saturated carbocycles. The first kappa shape index (κ1) is 27.9. The summed E-state index contributed by atoms with van der Waals surface area (Å²) in [6, 6.07) is 4.89. The average Bonchev–Trinajstić information content (AvgIpc) is 3.21. The molecule has 2 aromatic carbocycles. The Morgan fingerprint density at radius 1 is 1.19 bits per heavy atom. The van der Waals surface area contributed by atoms with Crippen LogP contribution in [0.4, 0.5) is 5.69 Å². The summed E-state index contributed by atoms with van der Waals surface area (Å²) in [6.07, 6.45) is -0.146. The van der Waals surface area contributed by atoms with Crippen LogP contribution >= 0.6 is 11.6 Å². The summed E-state index contributed by atoms with van der Waals surface area (Å²) in [6.45, 7) is 2.01. The molecule has 37 heavy (non-hydrogen) atoms. The van der Waals surface area contributed by atoms with Crippen molar-refractivity contribution in [3.05, 3.63) is 56.1 Å². The van der Waals surface area contributed by atoms with Gasteiger partial charge in [-0.15, -0.1) is 0 Å². The maximum atomic E-state index is 13.3. The fourth-order valence-corrected chi connectivity index (χ4v) is 4.89. The van der Waals surface area contributed by atoms with Crippen molar-refractivity contribution in [2.75, 3.05) is 34.4 Å².